The van der Waals surface area contributed by atoms with Crippen LogP contribution >= 0.6 is 11.6 Å². The third-order valence-corrected chi connectivity index (χ3v) is 4.51. The summed E-state index contributed by atoms with van der Waals surface area (Å²) in [6.07, 6.45) is 2.02. The largest absolute Gasteiger partial charge is 0.489 e. The topological polar surface area (TPSA) is 67.6 Å². The average Bonchev–Trinajstić information content (AvgIpc) is 2.64. The molecule has 1 heterocycles. The fourth-order valence-electron chi connectivity index (χ4n) is 2.86. The first-order valence-corrected chi connectivity index (χ1v) is 8.32. The number of anilines is 1. The Morgan fingerprint density at radius 2 is 1.79 bits per heavy atom. The zero-order valence-corrected chi connectivity index (χ0v) is 14.0. The lowest BCUT2D eigenvalue weighted by Crippen LogP contribution is -2.38. The first-order valence-electron chi connectivity index (χ1n) is 7.94. The molecule has 2 aromatic rings. The van der Waals surface area contributed by atoms with Crippen LogP contribution in [0.15, 0.2) is 48.5 Å². The first-order chi connectivity index (χ1) is 11.7. The zero-order chi connectivity index (χ0) is 16.9. The van der Waals surface area contributed by atoms with Crippen molar-refractivity contribution in [1.82, 2.24) is 5.43 Å². The summed E-state index contributed by atoms with van der Waals surface area (Å²) < 4.78 is 6.01. The van der Waals surface area contributed by atoms with Gasteiger partial charge in [-0.1, -0.05) is 23.7 Å². The van der Waals surface area contributed by atoms with E-state index in [9.17, 15) is 4.79 Å². The lowest BCUT2D eigenvalue weighted by Gasteiger charge is -2.34. The molecule has 2 aromatic carbocycles. The monoisotopic (exact) mass is 345 g/mol. The minimum absolute atomic E-state index is 0.170. The zero-order valence-electron chi connectivity index (χ0n) is 13.2. The van der Waals surface area contributed by atoms with Gasteiger partial charge in [-0.25, -0.2) is 5.84 Å². The van der Waals surface area contributed by atoms with E-state index in [1.165, 1.54) is 0 Å². The van der Waals surface area contributed by atoms with E-state index in [0.717, 1.165) is 37.4 Å². The number of hydrogen-bond acceptors (Lipinski definition) is 4. The summed E-state index contributed by atoms with van der Waals surface area (Å²) in [5.41, 5.74) is 3.78. The van der Waals surface area contributed by atoms with Gasteiger partial charge in [0.15, 0.2) is 0 Å². The van der Waals surface area contributed by atoms with Crippen molar-refractivity contribution in [3.05, 3.63) is 59.1 Å². The molecule has 1 saturated heterocycles. The van der Waals surface area contributed by atoms with Gasteiger partial charge in [-0.2, -0.15) is 0 Å². The standard InChI is InChI=1S/C18H20ClN3O2/c19-16-3-1-2-4-17(16)24-15-9-11-22(12-10-15)14-7-5-13(6-8-14)18(23)21-20/h1-8,15H,9-12,20H2,(H,21,23). The van der Waals surface area contributed by atoms with Gasteiger partial charge in [0.05, 0.1) is 5.02 Å². The maximum absolute atomic E-state index is 11.5. The predicted molar refractivity (Wildman–Crippen MR) is 95.4 cm³/mol. The number of carbonyl (C=O) groups is 1. The van der Waals surface area contributed by atoms with Gasteiger partial charge in [0.1, 0.15) is 11.9 Å². The third kappa shape index (κ3) is 3.80. The molecule has 3 N–H and O–H groups in total. The Labute approximate surface area is 146 Å². The van der Waals surface area contributed by atoms with Crippen LogP contribution in [0.1, 0.15) is 23.2 Å². The quantitative estimate of drug-likeness (QED) is 0.508. The number of benzene rings is 2. The maximum atomic E-state index is 11.5. The Morgan fingerprint density at radius 3 is 2.42 bits per heavy atom. The summed E-state index contributed by atoms with van der Waals surface area (Å²) in [5.74, 6) is 5.60. The van der Waals surface area contributed by atoms with Gasteiger partial charge in [0.2, 0.25) is 0 Å². The molecular formula is C18H20ClN3O2. The number of piperidine rings is 1. The number of amides is 1. The molecule has 0 aliphatic carbocycles. The second-order valence-electron chi connectivity index (χ2n) is 5.76. The molecule has 3 rings (SSSR count). The van der Waals surface area contributed by atoms with Crippen molar-refractivity contribution in [2.75, 3.05) is 18.0 Å². The molecule has 0 aromatic heterocycles. The van der Waals surface area contributed by atoms with Gasteiger partial charge in [-0.3, -0.25) is 10.2 Å². The fraction of sp³-hybridized carbons (Fsp3) is 0.278. The Hall–Kier alpha value is -2.24. The molecule has 24 heavy (non-hydrogen) atoms. The Kier molecular flexibility index (Phi) is 5.23. The number of rotatable bonds is 4. The molecule has 5 nitrogen and oxygen atoms in total. The van der Waals surface area contributed by atoms with Crippen LogP contribution in [0.5, 0.6) is 5.75 Å². The summed E-state index contributed by atoms with van der Waals surface area (Å²) in [6, 6.07) is 15.0. The molecule has 126 valence electrons. The van der Waals surface area contributed by atoms with E-state index >= 15 is 0 Å². The van der Waals surface area contributed by atoms with Crippen LogP contribution < -0.4 is 20.9 Å². The molecule has 0 unspecified atom stereocenters. The minimum atomic E-state index is -0.284. The number of nitrogen functional groups attached to an aromatic ring is 1. The van der Waals surface area contributed by atoms with Gasteiger partial charge in [-0.05, 0) is 36.4 Å². The molecular weight excluding hydrogens is 326 g/mol. The minimum Gasteiger partial charge on any atom is -0.489 e. The van der Waals surface area contributed by atoms with Crippen LogP contribution in [0.4, 0.5) is 5.69 Å². The van der Waals surface area contributed by atoms with Crippen molar-refractivity contribution in [3.8, 4) is 5.75 Å². The van der Waals surface area contributed by atoms with Crippen molar-refractivity contribution in [3.63, 3.8) is 0 Å². The van der Waals surface area contributed by atoms with E-state index < -0.39 is 0 Å². The Bertz CT molecular complexity index is 698. The SMILES string of the molecule is NNC(=O)c1ccc(N2CCC(Oc3ccccc3Cl)CC2)cc1. The van der Waals surface area contributed by atoms with Crippen molar-refractivity contribution >= 4 is 23.2 Å². The number of nitrogens with one attached hydrogen (secondary N) is 1. The van der Waals surface area contributed by atoms with E-state index in [1.54, 1.807) is 12.1 Å². The van der Waals surface area contributed by atoms with Crippen LogP contribution in [0.2, 0.25) is 5.02 Å². The maximum Gasteiger partial charge on any atom is 0.265 e. The van der Waals surface area contributed by atoms with E-state index in [2.05, 4.69) is 10.3 Å². The fourth-order valence-corrected chi connectivity index (χ4v) is 3.04. The highest BCUT2D eigenvalue weighted by Gasteiger charge is 2.21. The number of hydrazine groups is 1. The number of nitrogens with zero attached hydrogens (tertiary/aromatic N) is 1. The number of para-hydroxylation sites is 1. The van der Waals surface area contributed by atoms with Gasteiger partial charge in [-0.15, -0.1) is 0 Å². The molecule has 0 radical (unpaired) electrons. The number of carbonyl (C=O) groups excluding carboxylic acids is 1. The van der Waals surface area contributed by atoms with Crippen LogP contribution in [0.25, 0.3) is 0 Å². The highest BCUT2D eigenvalue weighted by atomic mass is 35.5. The normalized spacial score (nSPS) is 15.2. The summed E-state index contributed by atoms with van der Waals surface area (Å²) in [7, 11) is 0. The number of halogens is 1. The van der Waals surface area contributed by atoms with Gasteiger partial charge >= 0.3 is 0 Å². The van der Waals surface area contributed by atoms with Gasteiger partial charge in [0.25, 0.3) is 5.91 Å². The number of hydrogen-bond donors (Lipinski definition) is 2. The number of ether oxygens (including phenoxy) is 1. The van der Waals surface area contributed by atoms with Crippen molar-refractivity contribution in [1.29, 1.82) is 0 Å². The molecule has 0 atom stereocenters. The Balaban J connectivity index is 1.57. The van der Waals surface area contributed by atoms with Gasteiger partial charge < -0.3 is 9.64 Å². The van der Waals surface area contributed by atoms with Crippen LogP contribution in [-0.2, 0) is 0 Å². The van der Waals surface area contributed by atoms with Crippen LogP contribution in [-0.4, -0.2) is 25.1 Å². The molecule has 1 amide bonds. The van der Waals surface area contributed by atoms with Crippen molar-refractivity contribution in [2.45, 2.75) is 18.9 Å². The van der Waals surface area contributed by atoms with E-state index in [0.29, 0.717) is 10.6 Å². The molecule has 0 saturated carbocycles. The average molecular weight is 346 g/mol. The third-order valence-electron chi connectivity index (χ3n) is 4.20. The van der Waals surface area contributed by atoms with Crippen LogP contribution in [0.3, 0.4) is 0 Å². The molecule has 6 heteroatoms. The highest BCUT2D eigenvalue weighted by molar-refractivity contribution is 6.32. The lowest BCUT2D eigenvalue weighted by molar-refractivity contribution is 0.0953. The molecule has 1 aliphatic heterocycles. The summed E-state index contributed by atoms with van der Waals surface area (Å²) in [6.45, 7) is 1.80. The molecule has 0 spiro atoms. The molecule has 0 bridgehead atoms. The summed E-state index contributed by atoms with van der Waals surface area (Å²) >= 11 is 6.14. The van der Waals surface area contributed by atoms with Crippen molar-refractivity contribution < 1.29 is 9.53 Å². The lowest BCUT2D eigenvalue weighted by atomic mass is 10.1. The Morgan fingerprint density at radius 1 is 1.12 bits per heavy atom. The number of nitrogens with two attached hydrogens (primary N) is 1. The van der Waals surface area contributed by atoms with Gasteiger partial charge in [0, 0.05) is 37.2 Å². The predicted octanol–water partition coefficient (Wildman–Crippen LogP) is 2.99. The molecule has 1 aliphatic rings. The summed E-state index contributed by atoms with van der Waals surface area (Å²) in [4.78, 5) is 13.8. The van der Waals surface area contributed by atoms with E-state index in [4.69, 9.17) is 22.2 Å². The first kappa shape index (κ1) is 16.6. The van der Waals surface area contributed by atoms with Crippen LogP contribution in [0, 0.1) is 0 Å². The summed E-state index contributed by atoms with van der Waals surface area (Å²) in [5, 5.41) is 0.647. The second-order valence-corrected chi connectivity index (χ2v) is 6.16. The van der Waals surface area contributed by atoms with E-state index in [1.807, 2.05) is 36.4 Å². The smallest absolute Gasteiger partial charge is 0.265 e. The second kappa shape index (κ2) is 7.55. The highest BCUT2D eigenvalue weighted by Crippen LogP contribution is 2.28. The van der Waals surface area contributed by atoms with Crippen molar-refractivity contribution in [2.24, 2.45) is 5.84 Å². The van der Waals surface area contributed by atoms with E-state index in [-0.39, 0.29) is 12.0 Å². The molecule has 1 fully saturated rings.